The second kappa shape index (κ2) is 9.37. The number of hydrogen-bond donors (Lipinski definition) is 3. The Balaban J connectivity index is 2.22. The molecule has 0 radical (unpaired) electrons. The summed E-state index contributed by atoms with van der Waals surface area (Å²) in [5.41, 5.74) is -0.396. The monoisotopic (exact) mass is 487 g/mol. The van der Waals surface area contributed by atoms with Crippen molar-refractivity contribution in [2.24, 2.45) is 5.10 Å². The quantitative estimate of drug-likeness (QED) is 0.260. The van der Waals surface area contributed by atoms with Gasteiger partial charge in [0.2, 0.25) is 11.8 Å². The standard InChI is InChI=1S/C22H19F6N3O3/c1-12(29-30-18(33)6-3-9-32)19-16-8-7-14(22(26,27)28)11-17(16)31(20(19)34)15-5-2-4-13(10-15)21(23,24)25/h2,4-5,7-8,10-11,32,34H,3,6,9H2,1H3,(H,30,33)/b29-12+. The van der Waals surface area contributed by atoms with Crippen LogP contribution in [0.2, 0.25) is 0 Å². The summed E-state index contributed by atoms with van der Waals surface area (Å²) in [6.45, 7) is 1.15. The van der Waals surface area contributed by atoms with Crippen molar-refractivity contribution in [3.8, 4) is 11.6 Å². The van der Waals surface area contributed by atoms with E-state index in [-0.39, 0.29) is 47.3 Å². The van der Waals surface area contributed by atoms with Crippen LogP contribution in [-0.4, -0.2) is 33.0 Å². The Bertz CT molecular complexity index is 1250. The molecule has 1 amide bonds. The third kappa shape index (κ3) is 5.16. The lowest BCUT2D eigenvalue weighted by atomic mass is 10.1. The van der Waals surface area contributed by atoms with Gasteiger partial charge in [0.15, 0.2) is 0 Å². The van der Waals surface area contributed by atoms with Gasteiger partial charge in [-0.15, -0.1) is 0 Å². The zero-order valence-corrected chi connectivity index (χ0v) is 17.6. The number of nitrogens with zero attached hydrogens (tertiary/aromatic N) is 2. The highest BCUT2D eigenvalue weighted by atomic mass is 19.4. The fourth-order valence-corrected chi connectivity index (χ4v) is 3.39. The van der Waals surface area contributed by atoms with Crippen LogP contribution in [0.1, 0.15) is 36.5 Å². The number of fused-ring (bicyclic) bond motifs is 1. The first-order valence-electron chi connectivity index (χ1n) is 9.91. The molecule has 34 heavy (non-hydrogen) atoms. The van der Waals surface area contributed by atoms with Gasteiger partial charge in [0.1, 0.15) is 0 Å². The van der Waals surface area contributed by atoms with Crippen molar-refractivity contribution in [3.63, 3.8) is 0 Å². The van der Waals surface area contributed by atoms with Crippen molar-refractivity contribution in [1.82, 2.24) is 9.99 Å². The van der Waals surface area contributed by atoms with Gasteiger partial charge >= 0.3 is 12.4 Å². The maximum absolute atomic E-state index is 13.3. The Morgan fingerprint density at radius 3 is 2.29 bits per heavy atom. The van der Waals surface area contributed by atoms with E-state index in [0.717, 1.165) is 28.8 Å². The summed E-state index contributed by atoms with van der Waals surface area (Å²) in [5, 5.41) is 23.6. The number of carbonyl (C=O) groups is 1. The summed E-state index contributed by atoms with van der Waals surface area (Å²) in [7, 11) is 0. The molecule has 0 aliphatic rings. The van der Waals surface area contributed by atoms with E-state index >= 15 is 0 Å². The van der Waals surface area contributed by atoms with Crippen molar-refractivity contribution < 1.29 is 41.4 Å². The molecule has 2 aromatic carbocycles. The molecule has 1 heterocycles. The van der Waals surface area contributed by atoms with Crippen molar-refractivity contribution in [2.45, 2.75) is 32.1 Å². The SMILES string of the molecule is C/C(=N\NC(=O)CCCO)c1c(O)n(-c2cccc(C(F)(F)F)c2)c2cc(C(F)(F)F)ccc12. The topological polar surface area (TPSA) is 86.8 Å². The smallest absolute Gasteiger partial charge is 0.416 e. The number of nitrogens with one attached hydrogen (secondary N) is 1. The molecular formula is C22H19F6N3O3. The first-order chi connectivity index (χ1) is 15.8. The van der Waals surface area contributed by atoms with E-state index in [1.165, 1.54) is 13.0 Å². The van der Waals surface area contributed by atoms with Gasteiger partial charge in [-0.3, -0.25) is 9.36 Å². The van der Waals surface area contributed by atoms with E-state index in [1.807, 2.05) is 0 Å². The van der Waals surface area contributed by atoms with Crippen molar-refractivity contribution in [1.29, 1.82) is 0 Å². The second-order valence-corrected chi connectivity index (χ2v) is 7.37. The number of aliphatic hydroxyl groups is 1. The number of alkyl halides is 6. The van der Waals surface area contributed by atoms with Gasteiger partial charge in [-0.1, -0.05) is 12.1 Å². The summed E-state index contributed by atoms with van der Waals surface area (Å²) in [5.74, 6) is -1.20. The predicted molar refractivity (Wildman–Crippen MR) is 112 cm³/mol. The van der Waals surface area contributed by atoms with Crippen molar-refractivity contribution in [3.05, 3.63) is 59.2 Å². The van der Waals surface area contributed by atoms with Gasteiger partial charge in [0, 0.05) is 24.1 Å². The zero-order chi connectivity index (χ0) is 25.3. The number of aromatic hydroxyl groups is 1. The van der Waals surface area contributed by atoms with Gasteiger partial charge in [-0.2, -0.15) is 31.4 Å². The first-order valence-corrected chi connectivity index (χ1v) is 9.91. The molecular weight excluding hydrogens is 468 g/mol. The summed E-state index contributed by atoms with van der Waals surface area (Å²) in [4.78, 5) is 11.8. The fourth-order valence-electron chi connectivity index (χ4n) is 3.39. The van der Waals surface area contributed by atoms with Crippen LogP contribution in [0.15, 0.2) is 47.6 Å². The average molecular weight is 487 g/mol. The number of aliphatic hydroxyl groups excluding tert-OH is 1. The Kier molecular flexibility index (Phi) is 6.92. The van der Waals surface area contributed by atoms with Crippen LogP contribution in [-0.2, 0) is 17.1 Å². The Morgan fingerprint density at radius 1 is 1.03 bits per heavy atom. The molecule has 0 saturated heterocycles. The number of benzene rings is 2. The van der Waals surface area contributed by atoms with Crippen LogP contribution >= 0.6 is 0 Å². The van der Waals surface area contributed by atoms with E-state index in [9.17, 15) is 36.2 Å². The normalized spacial score (nSPS) is 12.9. The van der Waals surface area contributed by atoms with Gasteiger partial charge in [-0.25, -0.2) is 5.43 Å². The predicted octanol–water partition coefficient (Wildman–Crippen LogP) is 4.99. The average Bonchev–Trinajstić information content (AvgIpc) is 3.06. The van der Waals surface area contributed by atoms with E-state index in [1.54, 1.807) is 0 Å². The number of carbonyl (C=O) groups excluding carboxylic acids is 1. The maximum Gasteiger partial charge on any atom is 0.416 e. The lowest BCUT2D eigenvalue weighted by Crippen LogP contribution is -2.19. The van der Waals surface area contributed by atoms with Crippen molar-refractivity contribution in [2.75, 3.05) is 6.61 Å². The van der Waals surface area contributed by atoms with E-state index in [2.05, 4.69) is 10.5 Å². The molecule has 0 unspecified atom stereocenters. The molecule has 0 fully saturated rings. The van der Waals surface area contributed by atoms with E-state index < -0.39 is 35.3 Å². The molecule has 6 nitrogen and oxygen atoms in total. The lowest BCUT2D eigenvalue weighted by Gasteiger charge is -2.12. The van der Waals surface area contributed by atoms with Gasteiger partial charge < -0.3 is 10.2 Å². The number of halogens is 6. The molecule has 12 heteroatoms. The van der Waals surface area contributed by atoms with Crippen molar-refractivity contribution >= 4 is 22.5 Å². The largest absolute Gasteiger partial charge is 0.494 e. The minimum atomic E-state index is -4.74. The van der Waals surface area contributed by atoms with Crippen LogP contribution in [0.5, 0.6) is 5.88 Å². The Labute approximate surface area is 189 Å². The van der Waals surface area contributed by atoms with Gasteiger partial charge in [0.25, 0.3) is 0 Å². The molecule has 0 atom stereocenters. The van der Waals surface area contributed by atoms with E-state index in [0.29, 0.717) is 12.1 Å². The van der Waals surface area contributed by atoms with E-state index in [4.69, 9.17) is 5.11 Å². The Hall–Kier alpha value is -3.54. The maximum atomic E-state index is 13.3. The number of aromatic nitrogens is 1. The third-order valence-corrected chi connectivity index (χ3v) is 4.97. The molecule has 1 aromatic heterocycles. The zero-order valence-electron chi connectivity index (χ0n) is 17.6. The lowest BCUT2D eigenvalue weighted by molar-refractivity contribution is -0.138. The molecule has 3 N–H and O–H groups in total. The fraction of sp³-hybridized carbons (Fsp3) is 0.273. The highest BCUT2D eigenvalue weighted by molar-refractivity contribution is 6.13. The summed E-state index contributed by atoms with van der Waals surface area (Å²) < 4.78 is 80.5. The highest BCUT2D eigenvalue weighted by Crippen LogP contribution is 2.39. The number of hydrazone groups is 1. The highest BCUT2D eigenvalue weighted by Gasteiger charge is 2.33. The molecule has 0 spiro atoms. The number of rotatable bonds is 6. The van der Waals surface area contributed by atoms with Crippen LogP contribution < -0.4 is 5.43 Å². The molecule has 0 aliphatic carbocycles. The first kappa shape index (κ1) is 25.1. The number of amides is 1. The molecule has 3 rings (SSSR count). The summed E-state index contributed by atoms with van der Waals surface area (Å²) in [6.07, 6.45) is -9.32. The molecule has 182 valence electrons. The third-order valence-electron chi connectivity index (χ3n) is 4.97. The van der Waals surface area contributed by atoms with Crippen LogP contribution in [0.3, 0.4) is 0 Å². The molecule has 0 aliphatic heterocycles. The minimum absolute atomic E-state index is 0.00494. The summed E-state index contributed by atoms with van der Waals surface area (Å²) >= 11 is 0. The molecule has 0 saturated carbocycles. The van der Waals surface area contributed by atoms with Crippen LogP contribution in [0, 0.1) is 0 Å². The second-order valence-electron chi connectivity index (χ2n) is 7.37. The van der Waals surface area contributed by atoms with Crippen LogP contribution in [0.4, 0.5) is 26.3 Å². The molecule has 3 aromatic rings. The summed E-state index contributed by atoms with van der Waals surface area (Å²) in [6, 6.07) is 6.33. The molecule has 0 bridgehead atoms. The number of hydrogen-bond acceptors (Lipinski definition) is 4. The van der Waals surface area contributed by atoms with Crippen LogP contribution in [0.25, 0.3) is 16.6 Å². The van der Waals surface area contributed by atoms with Gasteiger partial charge in [0.05, 0.1) is 27.9 Å². The minimum Gasteiger partial charge on any atom is -0.494 e. The van der Waals surface area contributed by atoms with Gasteiger partial charge in [-0.05, 0) is 43.7 Å². The Morgan fingerprint density at radius 2 is 1.68 bits per heavy atom.